The molecule has 2 aliphatic rings. The maximum atomic E-state index is 13.2. The number of benzene rings is 2. The number of rotatable bonds is 8. The van der Waals surface area contributed by atoms with Gasteiger partial charge in [0.15, 0.2) is 11.5 Å². The summed E-state index contributed by atoms with van der Waals surface area (Å²) in [5.41, 5.74) is 1.78. The third-order valence-electron chi connectivity index (χ3n) is 6.96. The number of fused-ring (bicyclic) bond motifs is 2. The Hall–Kier alpha value is -3.14. The summed E-state index contributed by atoms with van der Waals surface area (Å²) in [6.07, 6.45) is 2.92. The lowest BCUT2D eigenvalue weighted by atomic mass is 10.1. The summed E-state index contributed by atoms with van der Waals surface area (Å²) in [4.78, 5) is 26.2. The van der Waals surface area contributed by atoms with Crippen LogP contribution in [0.5, 0.6) is 17.2 Å². The van der Waals surface area contributed by atoms with Gasteiger partial charge in [0.25, 0.3) is 5.91 Å². The number of para-hydroxylation sites is 1. The number of hydrogen-bond acceptors (Lipinski definition) is 7. The molecule has 0 aliphatic carbocycles. The molecule has 1 fully saturated rings. The zero-order valence-corrected chi connectivity index (χ0v) is 23.5. The van der Waals surface area contributed by atoms with Crippen molar-refractivity contribution in [3.63, 3.8) is 0 Å². The standard InChI is InChI=1S/C28H32N4O4S.ClH/c1-34-22-18-20(19-23(35-2)26(22)36-3)28(33)31-16-14-30(15-17-31)12-7-13-32-21-8-4-5-9-24(21)37-25-10-6-11-29-27(25)32;/h4-6,8-11,18-19H,7,12-17H2,1-3H3;1H. The van der Waals surface area contributed by atoms with Crippen molar-refractivity contribution < 1.29 is 36.3 Å². The second kappa shape index (κ2) is 12.6. The molecule has 1 aromatic heterocycles. The molecular formula is C28H33ClN4O4S. The van der Waals surface area contributed by atoms with Crippen LogP contribution in [0.1, 0.15) is 16.8 Å². The van der Waals surface area contributed by atoms with Crippen molar-refractivity contribution >= 4 is 29.2 Å². The number of quaternary nitrogens is 1. The van der Waals surface area contributed by atoms with E-state index in [0.29, 0.717) is 22.8 Å². The molecule has 10 heteroatoms. The molecule has 2 aliphatic heterocycles. The Kier molecular flexibility index (Phi) is 9.25. The van der Waals surface area contributed by atoms with Crippen LogP contribution in [0.25, 0.3) is 0 Å². The van der Waals surface area contributed by atoms with E-state index in [4.69, 9.17) is 14.2 Å². The lowest BCUT2D eigenvalue weighted by molar-refractivity contribution is -0.904. The quantitative estimate of drug-likeness (QED) is 0.423. The van der Waals surface area contributed by atoms with Crippen LogP contribution in [0.4, 0.5) is 11.5 Å². The molecule has 0 atom stereocenters. The number of carbonyl (C=O) groups excluding carboxylic acids is 1. The number of amides is 1. The van der Waals surface area contributed by atoms with Crippen LogP contribution in [0, 0.1) is 0 Å². The lowest BCUT2D eigenvalue weighted by Crippen LogP contribution is -3.14. The molecule has 1 N–H and O–H groups in total. The van der Waals surface area contributed by atoms with Gasteiger partial charge in [0.05, 0.1) is 64.6 Å². The minimum Gasteiger partial charge on any atom is -1.00 e. The van der Waals surface area contributed by atoms with Crippen molar-refractivity contribution in [1.29, 1.82) is 0 Å². The van der Waals surface area contributed by atoms with Crippen molar-refractivity contribution in [3.05, 3.63) is 60.3 Å². The molecule has 5 rings (SSSR count). The number of carbonyl (C=O) groups is 1. The number of ether oxygens (including phenoxy) is 3. The Morgan fingerprint density at radius 3 is 2.34 bits per heavy atom. The Labute approximate surface area is 234 Å². The highest BCUT2D eigenvalue weighted by atomic mass is 35.5. The van der Waals surface area contributed by atoms with Crippen molar-refractivity contribution in [2.75, 3.05) is 65.5 Å². The van der Waals surface area contributed by atoms with Gasteiger partial charge in [-0.25, -0.2) is 4.98 Å². The molecule has 2 aromatic carbocycles. The highest BCUT2D eigenvalue weighted by Gasteiger charge is 2.28. The Balaban J connectivity index is 0.00000336. The zero-order chi connectivity index (χ0) is 25.8. The van der Waals surface area contributed by atoms with Crippen molar-refractivity contribution in [3.8, 4) is 17.2 Å². The highest BCUT2D eigenvalue weighted by Crippen LogP contribution is 2.46. The summed E-state index contributed by atoms with van der Waals surface area (Å²) in [5, 5.41) is 0. The first-order valence-electron chi connectivity index (χ1n) is 12.5. The van der Waals surface area contributed by atoms with Crippen LogP contribution in [0.3, 0.4) is 0 Å². The maximum Gasteiger partial charge on any atom is 0.254 e. The number of halogens is 1. The molecule has 0 spiro atoms. The Morgan fingerprint density at radius 1 is 0.974 bits per heavy atom. The summed E-state index contributed by atoms with van der Waals surface area (Å²) in [6.45, 7) is 5.27. The second-order valence-corrected chi connectivity index (χ2v) is 10.2. The third kappa shape index (κ3) is 5.65. The summed E-state index contributed by atoms with van der Waals surface area (Å²) in [5.74, 6) is 2.50. The van der Waals surface area contributed by atoms with Crippen LogP contribution in [-0.4, -0.2) is 76.4 Å². The molecule has 3 aromatic rings. The Bertz CT molecular complexity index is 1200. The molecule has 0 bridgehead atoms. The third-order valence-corrected chi connectivity index (χ3v) is 8.07. The van der Waals surface area contributed by atoms with Gasteiger partial charge < -0.3 is 41.3 Å². The average molecular weight is 557 g/mol. The van der Waals surface area contributed by atoms with Crippen LogP contribution in [0.15, 0.2) is 64.5 Å². The SMILES string of the molecule is COc1cc(C(=O)N2CC[NH+](CCCN3c4ccccc4Sc4cccnc43)CC2)cc(OC)c1OC.[Cl-]. The molecule has 3 heterocycles. The highest BCUT2D eigenvalue weighted by molar-refractivity contribution is 7.99. The van der Waals surface area contributed by atoms with Gasteiger partial charge in [0, 0.05) is 29.6 Å². The van der Waals surface area contributed by atoms with Crippen LogP contribution >= 0.6 is 11.8 Å². The van der Waals surface area contributed by atoms with Crippen LogP contribution in [0.2, 0.25) is 0 Å². The molecule has 1 saturated heterocycles. The number of piperazine rings is 1. The largest absolute Gasteiger partial charge is 1.00 e. The molecule has 202 valence electrons. The fourth-order valence-electron chi connectivity index (χ4n) is 5.04. The van der Waals surface area contributed by atoms with E-state index in [1.807, 2.05) is 17.2 Å². The Morgan fingerprint density at radius 2 is 1.66 bits per heavy atom. The van der Waals surface area contributed by atoms with E-state index in [2.05, 4.69) is 40.2 Å². The van der Waals surface area contributed by atoms with Gasteiger partial charge in [-0.1, -0.05) is 23.9 Å². The molecule has 38 heavy (non-hydrogen) atoms. The first kappa shape index (κ1) is 27.9. The van der Waals surface area contributed by atoms with E-state index < -0.39 is 0 Å². The number of hydrogen-bond donors (Lipinski definition) is 1. The average Bonchev–Trinajstić information content (AvgIpc) is 2.95. The molecule has 1 amide bonds. The number of pyridine rings is 1. The predicted molar refractivity (Wildman–Crippen MR) is 144 cm³/mol. The van der Waals surface area contributed by atoms with E-state index in [-0.39, 0.29) is 18.3 Å². The molecular weight excluding hydrogens is 524 g/mol. The van der Waals surface area contributed by atoms with Gasteiger partial charge in [0.2, 0.25) is 5.75 Å². The summed E-state index contributed by atoms with van der Waals surface area (Å²) < 4.78 is 16.2. The maximum absolute atomic E-state index is 13.2. The lowest BCUT2D eigenvalue weighted by Gasteiger charge is -2.34. The van der Waals surface area contributed by atoms with Crippen LogP contribution in [-0.2, 0) is 0 Å². The number of nitrogens with one attached hydrogen (secondary N) is 1. The van der Waals surface area contributed by atoms with Gasteiger partial charge in [-0.05, 0) is 36.4 Å². The first-order chi connectivity index (χ1) is 18.1. The summed E-state index contributed by atoms with van der Waals surface area (Å²) >= 11 is 1.79. The number of methoxy groups -OCH3 is 3. The number of anilines is 2. The molecule has 0 saturated carbocycles. The molecule has 0 radical (unpaired) electrons. The van der Waals surface area contributed by atoms with E-state index in [0.717, 1.165) is 51.5 Å². The van der Waals surface area contributed by atoms with E-state index in [9.17, 15) is 4.79 Å². The van der Waals surface area contributed by atoms with Gasteiger partial charge in [-0.15, -0.1) is 0 Å². The monoisotopic (exact) mass is 556 g/mol. The molecule has 0 unspecified atom stereocenters. The fraction of sp³-hybridized carbons (Fsp3) is 0.357. The minimum atomic E-state index is -0.0107. The summed E-state index contributed by atoms with van der Waals surface area (Å²) in [6, 6.07) is 16.1. The van der Waals surface area contributed by atoms with Crippen LogP contribution < -0.4 is 36.4 Å². The topological polar surface area (TPSA) is 68.6 Å². The van der Waals surface area contributed by atoms with Crippen molar-refractivity contribution in [2.24, 2.45) is 0 Å². The normalized spacial score (nSPS) is 14.7. The first-order valence-corrected chi connectivity index (χ1v) is 13.4. The second-order valence-electron chi connectivity index (χ2n) is 9.11. The minimum absolute atomic E-state index is 0. The van der Waals surface area contributed by atoms with Crippen molar-refractivity contribution in [2.45, 2.75) is 16.2 Å². The van der Waals surface area contributed by atoms with E-state index in [1.54, 1.807) is 45.2 Å². The fourth-order valence-corrected chi connectivity index (χ4v) is 6.11. The zero-order valence-electron chi connectivity index (χ0n) is 21.9. The summed E-state index contributed by atoms with van der Waals surface area (Å²) in [7, 11) is 4.68. The van der Waals surface area contributed by atoms with Gasteiger partial charge in [-0.2, -0.15) is 0 Å². The molecule has 8 nitrogen and oxygen atoms in total. The smallest absolute Gasteiger partial charge is 0.254 e. The number of aromatic nitrogens is 1. The van der Waals surface area contributed by atoms with Gasteiger partial charge in [0.1, 0.15) is 5.82 Å². The van der Waals surface area contributed by atoms with Crippen molar-refractivity contribution in [1.82, 2.24) is 9.88 Å². The van der Waals surface area contributed by atoms with E-state index in [1.165, 1.54) is 20.4 Å². The predicted octanol–water partition coefficient (Wildman–Crippen LogP) is 0.145. The van der Waals surface area contributed by atoms with Gasteiger partial charge >= 0.3 is 0 Å². The number of nitrogens with zero attached hydrogens (tertiary/aromatic N) is 3. The van der Waals surface area contributed by atoms with Gasteiger partial charge in [-0.3, -0.25) is 4.79 Å². The van der Waals surface area contributed by atoms with E-state index >= 15 is 0 Å².